The Hall–Kier alpha value is -2.22. The van der Waals surface area contributed by atoms with Gasteiger partial charge in [-0.15, -0.1) is 0 Å². The number of benzene rings is 2. The minimum Gasteiger partial charge on any atom is -0.293 e. The van der Waals surface area contributed by atoms with Crippen LogP contribution in [0.5, 0.6) is 0 Å². The molecule has 1 aliphatic heterocycles. The molecule has 0 fully saturated rings. The van der Waals surface area contributed by atoms with E-state index < -0.39 is 0 Å². The standard InChI is InChI=1S/C15H11NO/c17-15-12-8-4-5-9-14(12)16-10-13(15)11-6-2-1-3-7-11/h1-10,13H. The maximum Gasteiger partial charge on any atom is 0.177 e. The molecular formula is C15H11NO. The van der Waals surface area contributed by atoms with E-state index in [2.05, 4.69) is 4.99 Å². The second kappa shape index (κ2) is 3.98. The lowest BCUT2D eigenvalue weighted by Crippen LogP contribution is -2.17. The van der Waals surface area contributed by atoms with Gasteiger partial charge in [0.15, 0.2) is 5.78 Å². The van der Waals surface area contributed by atoms with Crippen molar-refractivity contribution in [3.05, 3.63) is 65.7 Å². The number of carbonyl (C=O) groups is 1. The molecule has 0 bridgehead atoms. The van der Waals surface area contributed by atoms with Crippen LogP contribution in [0.15, 0.2) is 59.6 Å². The van der Waals surface area contributed by atoms with Gasteiger partial charge in [-0.3, -0.25) is 9.79 Å². The van der Waals surface area contributed by atoms with Crippen LogP contribution in [0.1, 0.15) is 21.8 Å². The average molecular weight is 221 g/mol. The molecule has 0 saturated carbocycles. The Kier molecular flexibility index (Phi) is 2.33. The number of hydrogen-bond donors (Lipinski definition) is 0. The highest BCUT2D eigenvalue weighted by molar-refractivity contribution is 6.15. The summed E-state index contributed by atoms with van der Waals surface area (Å²) in [6.45, 7) is 0. The predicted molar refractivity (Wildman–Crippen MR) is 68.1 cm³/mol. The van der Waals surface area contributed by atoms with Gasteiger partial charge in [-0.25, -0.2) is 0 Å². The zero-order valence-electron chi connectivity index (χ0n) is 9.21. The van der Waals surface area contributed by atoms with Crippen molar-refractivity contribution >= 4 is 17.7 Å². The van der Waals surface area contributed by atoms with E-state index in [4.69, 9.17) is 0 Å². The third-order valence-corrected chi connectivity index (χ3v) is 2.97. The van der Waals surface area contributed by atoms with E-state index in [0.717, 1.165) is 11.3 Å². The third-order valence-electron chi connectivity index (χ3n) is 2.97. The van der Waals surface area contributed by atoms with Crippen LogP contribution >= 0.6 is 0 Å². The van der Waals surface area contributed by atoms with Crippen molar-refractivity contribution in [3.8, 4) is 0 Å². The van der Waals surface area contributed by atoms with Gasteiger partial charge in [0.1, 0.15) is 0 Å². The van der Waals surface area contributed by atoms with Gasteiger partial charge >= 0.3 is 0 Å². The summed E-state index contributed by atoms with van der Waals surface area (Å²) in [5, 5.41) is 0. The molecule has 1 unspecified atom stereocenters. The van der Waals surface area contributed by atoms with Gasteiger partial charge in [0, 0.05) is 11.8 Å². The number of ketones is 1. The van der Waals surface area contributed by atoms with Crippen LogP contribution in [-0.4, -0.2) is 12.0 Å². The van der Waals surface area contributed by atoms with Gasteiger partial charge < -0.3 is 0 Å². The molecule has 0 aliphatic carbocycles. The Morgan fingerprint density at radius 3 is 2.41 bits per heavy atom. The Balaban J connectivity index is 2.06. The van der Waals surface area contributed by atoms with Gasteiger partial charge in [-0.05, 0) is 17.7 Å². The monoisotopic (exact) mass is 221 g/mol. The molecule has 2 nitrogen and oxygen atoms in total. The van der Waals surface area contributed by atoms with Crippen molar-refractivity contribution in [2.75, 3.05) is 0 Å². The van der Waals surface area contributed by atoms with Crippen molar-refractivity contribution in [1.29, 1.82) is 0 Å². The number of para-hydroxylation sites is 1. The lowest BCUT2D eigenvalue weighted by Gasteiger charge is -2.17. The van der Waals surface area contributed by atoms with E-state index in [0.29, 0.717) is 5.56 Å². The summed E-state index contributed by atoms with van der Waals surface area (Å²) in [4.78, 5) is 16.7. The molecule has 1 heterocycles. The summed E-state index contributed by atoms with van der Waals surface area (Å²) in [6.07, 6.45) is 1.74. The molecule has 0 amide bonds. The number of hydrogen-bond acceptors (Lipinski definition) is 2. The molecule has 2 heteroatoms. The lowest BCUT2D eigenvalue weighted by atomic mass is 9.89. The summed E-state index contributed by atoms with van der Waals surface area (Å²) in [7, 11) is 0. The molecule has 3 rings (SSSR count). The Labute approximate surface area is 99.6 Å². The molecule has 0 aromatic heterocycles. The molecule has 17 heavy (non-hydrogen) atoms. The van der Waals surface area contributed by atoms with E-state index in [1.165, 1.54) is 0 Å². The molecule has 0 saturated heterocycles. The Bertz CT molecular complexity index is 587. The van der Waals surface area contributed by atoms with Crippen LogP contribution in [0.4, 0.5) is 5.69 Å². The maximum absolute atomic E-state index is 12.3. The van der Waals surface area contributed by atoms with Gasteiger partial charge in [-0.2, -0.15) is 0 Å². The van der Waals surface area contributed by atoms with Crippen molar-refractivity contribution in [3.63, 3.8) is 0 Å². The average Bonchev–Trinajstić information content (AvgIpc) is 2.40. The van der Waals surface area contributed by atoms with Gasteiger partial charge in [0.25, 0.3) is 0 Å². The molecule has 1 atom stereocenters. The first-order chi connectivity index (χ1) is 8.36. The number of fused-ring (bicyclic) bond motifs is 1. The van der Waals surface area contributed by atoms with Crippen molar-refractivity contribution < 1.29 is 4.79 Å². The van der Waals surface area contributed by atoms with Gasteiger partial charge in [0.05, 0.1) is 11.6 Å². The lowest BCUT2D eigenvalue weighted by molar-refractivity contribution is 0.0983. The normalized spacial score (nSPS) is 17.9. The van der Waals surface area contributed by atoms with Crippen LogP contribution in [-0.2, 0) is 0 Å². The third kappa shape index (κ3) is 1.68. The summed E-state index contributed by atoms with van der Waals surface area (Å²) in [5.74, 6) is -0.118. The number of rotatable bonds is 1. The van der Waals surface area contributed by atoms with E-state index >= 15 is 0 Å². The minimum absolute atomic E-state index is 0.127. The van der Waals surface area contributed by atoms with E-state index in [1.807, 2.05) is 54.6 Å². The topological polar surface area (TPSA) is 29.4 Å². The SMILES string of the molecule is O=C1c2ccccc2N=CC1c1ccccc1. The predicted octanol–water partition coefficient (Wildman–Crippen LogP) is 3.37. The van der Waals surface area contributed by atoms with E-state index in [9.17, 15) is 4.79 Å². The number of carbonyl (C=O) groups excluding carboxylic acids is 1. The second-order valence-electron chi connectivity index (χ2n) is 4.05. The summed E-state index contributed by atoms with van der Waals surface area (Å²) >= 11 is 0. The van der Waals surface area contributed by atoms with Crippen molar-refractivity contribution in [2.45, 2.75) is 5.92 Å². The summed E-state index contributed by atoms with van der Waals surface area (Å²) in [5.41, 5.74) is 2.48. The first-order valence-electron chi connectivity index (χ1n) is 5.58. The van der Waals surface area contributed by atoms with Crippen molar-refractivity contribution in [1.82, 2.24) is 0 Å². The molecule has 0 spiro atoms. The summed E-state index contributed by atoms with van der Waals surface area (Å²) < 4.78 is 0. The summed E-state index contributed by atoms with van der Waals surface area (Å²) in [6, 6.07) is 17.2. The highest BCUT2D eigenvalue weighted by Gasteiger charge is 2.25. The highest BCUT2D eigenvalue weighted by Crippen LogP contribution is 2.30. The Morgan fingerprint density at radius 1 is 0.882 bits per heavy atom. The zero-order valence-corrected chi connectivity index (χ0v) is 9.21. The first kappa shape index (κ1) is 9.97. The molecule has 2 aromatic carbocycles. The fraction of sp³-hybridized carbons (Fsp3) is 0.0667. The first-order valence-corrected chi connectivity index (χ1v) is 5.58. The second-order valence-corrected chi connectivity index (χ2v) is 4.05. The molecule has 0 N–H and O–H groups in total. The quantitative estimate of drug-likeness (QED) is 0.726. The highest BCUT2D eigenvalue weighted by atomic mass is 16.1. The minimum atomic E-state index is -0.244. The Morgan fingerprint density at radius 2 is 1.59 bits per heavy atom. The van der Waals surface area contributed by atoms with E-state index in [1.54, 1.807) is 6.21 Å². The van der Waals surface area contributed by atoms with Crippen LogP contribution in [0.3, 0.4) is 0 Å². The van der Waals surface area contributed by atoms with Gasteiger partial charge in [-0.1, -0.05) is 42.5 Å². The van der Waals surface area contributed by atoms with Crippen molar-refractivity contribution in [2.24, 2.45) is 4.99 Å². The van der Waals surface area contributed by atoms with Crippen LogP contribution in [0.2, 0.25) is 0 Å². The number of Topliss-reactive ketones (excluding diaryl/α,β-unsaturated/α-hetero) is 1. The van der Waals surface area contributed by atoms with E-state index in [-0.39, 0.29) is 11.7 Å². The smallest absolute Gasteiger partial charge is 0.177 e. The van der Waals surface area contributed by atoms with Gasteiger partial charge in [0.2, 0.25) is 0 Å². The molecular weight excluding hydrogens is 210 g/mol. The number of nitrogens with zero attached hydrogens (tertiary/aromatic N) is 1. The van der Waals surface area contributed by atoms with Crippen LogP contribution < -0.4 is 0 Å². The molecule has 82 valence electrons. The largest absolute Gasteiger partial charge is 0.293 e. The fourth-order valence-corrected chi connectivity index (χ4v) is 2.08. The molecule has 2 aromatic rings. The van der Waals surface area contributed by atoms with Crippen LogP contribution in [0, 0.1) is 0 Å². The molecule has 1 aliphatic rings. The molecule has 0 radical (unpaired) electrons. The number of aliphatic imine (C=N–C) groups is 1. The maximum atomic E-state index is 12.3. The van der Waals surface area contributed by atoms with Crippen LogP contribution in [0.25, 0.3) is 0 Å². The zero-order chi connectivity index (χ0) is 11.7. The fourth-order valence-electron chi connectivity index (χ4n) is 2.08.